The average molecular weight is 283 g/mol. The second-order valence-electron chi connectivity index (χ2n) is 6.43. The van der Waals surface area contributed by atoms with Crippen LogP contribution in [0.1, 0.15) is 43.2 Å². The number of rotatable bonds is 2. The molecule has 1 aromatic rings. The summed E-state index contributed by atoms with van der Waals surface area (Å²) >= 11 is 0. The Morgan fingerprint density at radius 1 is 1.05 bits per heavy atom. The molecule has 3 nitrogen and oxygen atoms in total. The van der Waals surface area contributed by atoms with Gasteiger partial charge in [-0.25, -0.2) is 0 Å². The van der Waals surface area contributed by atoms with E-state index in [0.717, 1.165) is 30.3 Å². The molecule has 0 aromatic heterocycles. The van der Waals surface area contributed by atoms with E-state index in [1.54, 1.807) is 0 Å². The first-order valence-electron chi connectivity index (χ1n) is 8.27. The monoisotopic (exact) mass is 283 g/mol. The predicted octanol–water partition coefficient (Wildman–Crippen LogP) is 3.32. The summed E-state index contributed by atoms with van der Waals surface area (Å²) in [7, 11) is 0. The number of aryl methyl sites for hydroxylation is 1. The van der Waals surface area contributed by atoms with Gasteiger partial charge in [0.15, 0.2) is 0 Å². The van der Waals surface area contributed by atoms with Crippen molar-refractivity contribution < 1.29 is 0 Å². The average Bonchev–Trinajstić information content (AvgIpc) is 2.56. The zero-order valence-corrected chi connectivity index (χ0v) is 13.0. The molecule has 0 radical (unpaired) electrons. The maximum atomic E-state index is 9.03. The number of piperidine rings is 2. The van der Waals surface area contributed by atoms with E-state index in [-0.39, 0.29) is 0 Å². The molecule has 21 heavy (non-hydrogen) atoms. The molecule has 0 N–H and O–H groups in total. The second-order valence-corrected chi connectivity index (χ2v) is 6.43. The van der Waals surface area contributed by atoms with Crippen LogP contribution in [-0.4, -0.2) is 37.1 Å². The smallest absolute Gasteiger partial charge is 0.0994 e. The molecule has 0 amide bonds. The number of hydrogen-bond donors (Lipinski definition) is 0. The zero-order valence-electron chi connectivity index (χ0n) is 13.0. The lowest BCUT2D eigenvalue weighted by Crippen LogP contribution is -2.46. The van der Waals surface area contributed by atoms with E-state index < -0.39 is 0 Å². The van der Waals surface area contributed by atoms with Gasteiger partial charge in [0, 0.05) is 24.8 Å². The first kappa shape index (κ1) is 14.4. The first-order chi connectivity index (χ1) is 10.3. The van der Waals surface area contributed by atoms with Crippen molar-refractivity contribution in [2.24, 2.45) is 0 Å². The summed E-state index contributed by atoms with van der Waals surface area (Å²) in [6.07, 6.45) is 6.74. The summed E-state index contributed by atoms with van der Waals surface area (Å²) in [5.74, 6) is 0. The van der Waals surface area contributed by atoms with Crippen LogP contribution in [-0.2, 0) is 0 Å². The number of hydrogen-bond acceptors (Lipinski definition) is 3. The molecule has 2 saturated heterocycles. The van der Waals surface area contributed by atoms with E-state index >= 15 is 0 Å². The highest BCUT2D eigenvalue weighted by atomic mass is 15.2. The largest absolute Gasteiger partial charge is 0.371 e. The van der Waals surface area contributed by atoms with Gasteiger partial charge in [0.2, 0.25) is 0 Å². The third-order valence-electron chi connectivity index (χ3n) is 5.07. The standard InChI is InChI=1S/C18H25N3/c1-15-13-18(6-5-16(15)14-19)21-11-7-17(8-12-21)20-9-3-2-4-10-20/h5-6,13,17H,2-4,7-12H2,1H3. The Hall–Kier alpha value is -1.53. The van der Waals surface area contributed by atoms with Crippen molar-refractivity contribution in [3.05, 3.63) is 29.3 Å². The van der Waals surface area contributed by atoms with Gasteiger partial charge in [0.05, 0.1) is 11.6 Å². The lowest BCUT2D eigenvalue weighted by Gasteiger charge is -2.41. The molecule has 112 valence electrons. The Morgan fingerprint density at radius 2 is 1.76 bits per heavy atom. The molecule has 2 fully saturated rings. The van der Waals surface area contributed by atoms with Crippen LogP contribution >= 0.6 is 0 Å². The van der Waals surface area contributed by atoms with Gasteiger partial charge in [-0.3, -0.25) is 0 Å². The van der Waals surface area contributed by atoms with E-state index in [0.29, 0.717) is 0 Å². The van der Waals surface area contributed by atoms with Gasteiger partial charge in [-0.1, -0.05) is 6.42 Å². The minimum atomic E-state index is 0.793. The van der Waals surface area contributed by atoms with Crippen molar-refractivity contribution in [3.8, 4) is 6.07 Å². The van der Waals surface area contributed by atoms with Gasteiger partial charge in [0.25, 0.3) is 0 Å². The Kier molecular flexibility index (Phi) is 4.45. The molecule has 0 atom stereocenters. The maximum Gasteiger partial charge on any atom is 0.0994 e. The SMILES string of the molecule is Cc1cc(N2CCC(N3CCCCC3)CC2)ccc1C#N. The van der Waals surface area contributed by atoms with Gasteiger partial charge in [-0.05, 0) is 69.5 Å². The van der Waals surface area contributed by atoms with Gasteiger partial charge in [-0.15, -0.1) is 0 Å². The Balaban J connectivity index is 1.60. The maximum absolute atomic E-state index is 9.03. The molecular formula is C18H25N3. The third kappa shape index (κ3) is 3.22. The van der Waals surface area contributed by atoms with Crippen molar-refractivity contribution in [2.75, 3.05) is 31.1 Å². The normalized spacial score (nSPS) is 21.2. The highest BCUT2D eigenvalue weighted by Gasteiger charge is 2.25. The van der Waals surface area contributed by atoms with Gasteiger partial charge in [-0.2, -0.15) is 5.26 Å². The van der Waals surface area contributed by atoms with Crippen molar-refractivity contribution >= 4 is 5.69 Å². The third-order valence-corrected chi connectivity index (χ3v) is 5.07. The molecule has 3 heteroatoms. The first-order valence-corrected chi connectivity index (χ1v) is 8.27. The van der Waals surface area contributed by atoms with Crippen molar-refractivity contribution in [1.29, 1.82) is 5.26 Å². The van der Waals surface area contributed by atoms with Crippen molar-refractivity contribution in [3.63, 3.8) is 0 Å². The van der Waals surface area contributed by atoms with Gasteiger partial charge in [0.1, 0.15) is 0 Å². The lowest BCUT2D eigenvalue weighted by atomic mass is 9.99. The van der Waals surface area contributed by atoms with Crippen LogP contribution in [0, 0.1) is 18.3 Å². The van der Waals surface area contributed by atoms with Crippen LogP contribution in [0.15, 0.2) is 18.2 Å². The van der Waals surface area contributed by atoms with Crippen molar-refractivity contribution in [1.82, 2.24) is 4.90 Å². The quantitative estimate of drug-likeness (QED) is 0.834. The summed E-state index contributed by atoms with van der Waals surface area (Å²) < 4.78 is 0. The highest BCUT2D eigenvalue weighted by molar-refractivity contribution is 5.53. The molecule has 0 saturated carbocycles. The van der Waals surface area contributed by atoms with Crippen LogP contribution < -0.4 is 4.90 Å². The molecule has 3 rings (SSSR count). The van der Waals surface area contributed by atoms with Gasteiger partial charge < -0.3 is 9.80 Å². The Bertz CT molecular complexity index is 518. The molecule has 0 spiro atoms. The van der Waals surface area contributed by atoms with Crippen LogP contribution in [0.3, 0.4) is 0 Å². The zero-order chi connectivity index (χ0) is 14.7. The second kappa shape index (κ2) is 6.49. The number of nitrogens with zero attached hydrogens (tertiary/aromatic N) is 3. The molecule has 0 unspecified atom stereocenters. The van der Waals surface area contributed by atoms with Crippen molar-refractivity contribution in [2.45, 2.75) is 45.1 Å². The Morgan fingerprint density at radius 3 is 2.38 bits per heavy atom. The topological polar surface area (TPSA) is 30.3 Å². The minimum absolute atomic E-state index is 0.793. The molecule has 0 bridgehead atoms. The number of nitriles is 1. The summed E-state index contributed by atoms with van der Waals surface area (Å²) in [6, 6.07) is 9.27. The summed E-state index contributed by atoms with van der Waals surface area (Å²) in [6.45, 7) is 6.93. The summed E-state index contributed by atoms with van der Waals surface area (Å²) in [4.78, 5) is 5.19. The molecule has 1 aromatic carbocycles. The van der Waals surface area contributed by atoms with Crippen LogP contribution in [0.25, 0.3) is 0 Å². The van der Waals surface area contributed by atoms with E-state index in [4.69, 9.17) is 5.26 Å². The van der Waals surface area contributed by atoms with Crippen LogP contribution in [0.4, 0.5) is 5.69 Å². The van der Waals surface area contributed by atoms with E-state index in [1.807, 2.05) is 13.0 Å². The van der Waals surface area contributed by atoms with Crippen LogP contribution in [0.5, 0.6) is 0 Å². The number of anilines is 1. The lowest BCUT2D eigenvalue weighted by molar-refractivity contribution is 0.141. The summed E-state index contributed by atoms with van der Waals surface area (Å²) in [5, 5.41) is 9.03. The number of benzene rings is 1. The fraction of sp³-hybridized carbons (Fsp3) is 0.611. The fourth-order valence-electron chi connectivity index (χ4n) is 3.74. The molecule has 0 aliphatic carbocycles. The molecular weight excluding hydrogens is 258 g/mol. The Labute approximate surface area is 128 Å². The van der Waals surface area contributed by atoms with Crippen LogP contribution in [0.2, 0.25) is 0 Å². The number of likely N-dealkylation sites (tertiary alicyclic amines) is 1. The highest BCUT2D eigenvalue weighted by Crippen LogP contribution is 2.26. The fourth-order valence-corrected chi connectivity index (χ4v) is 3.74. The minimum Gasteiger partial charge on any atom is -0.371 e. The predicted molar refractivity (Wildman–Crippen MR) is 86.6 cm³/mol. The molecule has 2 aliphatic rings. The molecule has 2 heterocycles. The molecule has 2 aliphatic heterocycles. The van der Waals surface area contributed by atoms with E-state index in [9.17, 15) is 0 Å². The van der Waals surface area contributed by atoms with Gasteiger partial charge >= 0.3 is 0 Å². The van der Waals surface area contributed by atoms with E-state index in [2.05, 4.69) is 28.0 Å². The summed E-state index contributed by atoms with van der Waals surface area (Å²) in [5.41, 5.74) is 3.17. The van der Waals surface area contributed by atoms with E-state index in [1.165, 1.54) is 50.9 Å².